The highest BCUT2D eigenvalue weighted by Crippen LogP contribution is 2.18. The van der Waals surface area contributed by atoms with Crippen molar-refractivity contribution in [3.63, 3.8) is 0 Å². The highest BCUT2D eigenvalue weighted by Gasteiger charge is 2.17. The lowest BCUT2D eigenvalue weighted by atomic mass is 10.0. The lowest BCUT2D eigenvalue weighted by molar-refractivity contribution is 0.0932. The number of amides is 1. The van der Waals surface area contributed by atoms with E-state index in [1.807, 2.05) is 48.0 Å². The van der Waals surface area contributed by atoms with Gasteiger partial charge in [-0.05, 0) is 31.0 Å². The molecule has 0 aliphatic carbocycles. The van der Waals surface area contributed by atoms with Crippen LogP contribution in [0.1, 0.15) is 34.2 Å². The molecule has 6 nitrogen and oxygen atoms in total. The van der Waals surface area contributed by atoms with Gasteiger partial charge in [-0.2, -0.15) is 0 Å². The molecule has 3 rings (SSSR count). The molecule has 6 heteroatoms. The predicted molar refractivity (Wildman–Crippen MR) is 95.3 cm³/mol. The van der Waals surface area contributed by atoms with Gasteiger partial charge in [-0.1, -0.05) is 30.3 Å². The Kier molecular flexibility index (Phi) is 5.09. The minimum atomic E-state index is -0.391. The standard InChI is InChI=1S/C19H20N4O2/c1-14-20-11-13-23(14)12-9-17(15-6-3-2-4-7-15)22-19(25)16-8-5-10-21-18(16)24/h2-8,10-11,13,17H,9,12H2,1H3,(H,21,24)(H,22,25)/t17-/m1/s1. The van der Waals surface area contributed by atoms with Crippen LogP contribution in [-0.4, -0.2) is 20.4 Å². The Morgan fingerprint density at radius 2 is 2.04 bits per heavy atom. The van der Waals surface area contributed by atoms with E-state index < -0.39 is 5.56 Å². The maximum absolute atomic E-state index is 12.5. The molecular formula is C19H20N4O2. The molecule has 2 N–H and O–H groups in total. The van der Waals surface area contributed by atoms with Gasteiger partial charge in [0.1, 0.15) is 11.4 Å². The first-order valence-electron chi connectivity index (χ1n) is 8.16. The van der Waals surface area contributed by atoms with Crippen molar-refractivity contribution in [2.75, 3.05) is 0 Å². The van der Waals surface area contributed by atoms with Crippen LogP contribution in [0.25, 0.3) is 0 Å². The van der Waals surface area contributed by atoms with Crippen molar-refractivity contribution in [2.24, 2.45) is 0 Å². The van der Waals surface area contributed by atoms with Gasteiger partial charge in [0.25, 0.3) is 11.5 Å². The summed E-state index contributed by atoms with van der Waals surface area (Å²) in [5.41, 5.74) is 0.723. The van der Waals surface area contributed by atoms with Crippen molar-refractivity contribution < 1.29 is 4.79 Å². The SMILES string of the molecule is Cc1nccn1CC[C@@H](NC(=O)c1ccc[nH]c1=O)c1ccccc1. The molecule has 0 aliphatic heterocycles. The highest BCUT2D eigenvalue weighted by atomic mass is 16.2. The molecule has 3 aromatic rings. The number of carbonyl (C=O) groups is 1. The third-order valence-electron chi connectivity index (χ3n) is 4.15. The van der Waals surface area contributed by atoms with E-state index in [0.29, 0.717) is 6.42 Å². The number of imidazole rings is 1. The molecular weight excluding hydrogens is 316 g/mol. The molecule has 0 saturated heterocycles. The van der Waals surface area contributed by atoms with Gasteiger partial charge in [0, 0.05) is 25.1 Å². The van der Waals surface area contributed by atoms with Gasteiger partial charge in [0.2, 0.25) is 0 Å². The zero-order valence-corrected chi connectivity index (χ0v) is 14.0. The molecule has 2 heterocycles. The number of benzene rings is 1. The second kappa shape index (κ2) is 7.61. The number of nitrogens with zero attached hydrogens (tertiary/aromatic N) is 2. The summed E-state index contributed by atoms with van der Waals surface area (Å²) in [7, 11) is 0. The number of hydrogen-bond acceptors (Lipinski definition) is 3. The van der Waals surface area contributed by atoms with E-state index in [1.54, 1.807) is 12.3 Å². The van der Waals surface area contributed by atoms with Gasteiger partial charge in [-0.15, -0.1) is 0 Å². The van der Waals surface area contributed by atoms with Crippen LogP contribution in [0.15, 0.2) is 65.8 Å². The third-order valence-corrected chi connectivity index (χ3v) is 4.15. The Morgan fingerprint density at radius 1 is 1.24 bits per heavy atom. The molecule has 1 amide bonds. The molecule has 25 heavy (non-hydrogen) atoms. The van der Waals surface area contributed by atoms with Crippen molar-refractivity contribution in [2.45, 2.75) is 25.9 Å². The first-order valence-corrected chi connectivity index (χ1v) is 8.16. The van der Waals surface area contributed by atoms with E-state index in [2.05, 4.69) is 15.3 Å². The Labute approximate surface area is 145 Å². The lowest BCUT2D eigenvalue weighted by Crippen LogP contribution is -2.33. The molecule has 128 valence electrons. The van der Waals surface area contributed by atoms with Crippen LogP contribution in [0.3, 0.4) is 0 Å². The normalized spacial score (nSPS) is 11.9. The maximum Gasteiger partial charge on any atom is 0.260 e. The molecule has 1 aromatic carbocycles. The fraction of sp³-hybridized carbons (Fsp3) is 0.211. The van der Waals surface area contributed by atoms with Gasteiger partial charge in [-0.25, -0.2) is 4.98 Å². The quantitative estimate of drug-likeness (QED) is 0.725. The van der Waals surface area contributed by atoms with Crippen LogP contribution in [0.4, 0.5) is 0 Å². The van der Waals surface area contributed by atoms with Gasteiger partial charge in [0.15, 0.2) is 0 Å². The maximum atomic E-state index is 12.5. The number of nitrogens with one attached hydrogen (secondary N) is 2. The smallest absolute Gasteiger partial charge is 0.260 e. The Balaban J connectivity index is 1.79. The van der Waals surface area contributed by atoms with Gasteiger partial charge in [-0.3, -0.25) is 9.59 Å². The van der Waals surface area contributed by atoms with Crippen LogP contribution in [0, 0.1) is 6.92 Å². The average Bonchev–Trinajstić information content (AvgIpc) is 3.04. The van der Waals surface area contributed by atoms with Crippen LogP contribution in [0.2, 0.25) is 0 Å². The zero-order valence-electron chi connectivity index (χ0n) is 14.0. The van der Waals surface area contributed by atoms with Crippen molar-refractivity contribution in [3.05, 3.63) is 88.4 Å². The van der Waals surface area contributed by atoms with Crippen molar-refractivity contribution >= 4 is 5.91 Å². The topological polar surface area (TPSA) is 79.8 Å². The highest BCUT2D eigenvalue weighted by molar-refractivity contribution is 5.94. The van der Waals surface area contributed by atoms with Gasteiger partial charge >= 0.3 is 0 Å². The summed E-state index contributed by atoms with van der Waals surface area (Å²) in [5, 5.41) is 2.98. The summed E-state index contributed by atoms with van der Waals surface area (Å²) in [6, 6.07) is 12.7. The van der Waals surface area contributed by atoms with Crippen molar-refractivity contribution in [1.29, 1.82) is 0 Å². The number of aromatic amines is 1. The summed E-state index contributed by atoms with van der Waals surface area (Å²) in [5.74, 6) is 0.552. The van der Waals surface area contributed by atoms with Gasteiger partial charge < -0.3 is 14.9 Å². The van der Waals surface area contributed by atoms with E-state index in [0.717, 1.165) is 17.9 Å². The molecule has 0 bridgehead atoms. The van der Waals surface area contributed by atoms with Crippen molar-refractivity contribution in [1.82, 2.24) is 19.9 Å². The number of H-pyrrole nitrogens is 1. The zero-order chi connectivity index (χ0) is 17.6. The number of rotatable bonds is 6. The minimum Gasteiger partial charge on any atom is -0.345 e. The van der Waals surface area contributed by atoms with E-state index in [9.17, 15) is 9.59 Å². The lowest BCUT2D eigenvalue weighted by Gasteiger charge is -2.20. The number of aromatic nitrogens is 3. The second-order valence-electron chi connectivity index (χ2n) is 5.81. The van der Waals surface area contributed by atoms with E-state index in [4.69, 9.17) is 0 Å². The van der Waals surface area contributed by atoms with Crippen LogP contribution >= 0.6 is 0 Å². The minimum absolute atomic E-state index is 0.113. The van der Waals surface area contributed by atoms with E-state index >= 15 is 0 Å². The van der Waals surface area contributed by atoms with E-state index in [1.165, 1.54) is 12.3 Å². The number of hydrogen-bond donors (Lipinski definition) is 2. The Morgan fingerprint density at radius 3 is 2.72 bits per heavy atom. The molecule has 0 saturated carbocycles. The summed E-state index contributed by atoms with van der Waals surface area (Å²) in [6.45, 7) is 2.66. The summed E-state index contributed by atoms with van der Waals surface area (Å²) in [6.07, 6.45) is 5.88. The molecule has 0 fully saturated rings. The van der Waals surface area contributed by atoms with Crippen molar-refractivity contribution in [3.8, 4) is 0 Å². The van der Waals surface area contributed by atoms with Crippen LogP contribution in [-0.2, 0) is 6.54 Å². The fourth-order valence-corrected chi connectivity index (χ4v) is 2.75. The monoisotopic (exact) mass is 336 g/mol. The predicted octanol–water partition coefficient (Wildman–Crippen LogP) is 2.44. The molecule has 2 aromatic heterocycles. The summed E-state index contributed by atoms with van der Waals surface area (Å²) in [4.78, 5) is 31.1. The number of pyridine rings is 1. The molecule has 0 spiro atoms. The molecule has 0 aliphatic rings. The largest absolute Gasteiger partial charge is 0.345 e. The first kappa shape index (κ1) is 16.7. The van der Waals surface area contributed by atoms with Crippen LogP contribution < -0.4 is 10.9 Å². The first-order chi connectivity index (χ1) is 12.1. The van der Waals surface area contributed by atoms with Crippen LogP contribution in [0.5, 0.6) is 0 Å². The Bertz CT molecular complexity index is 899. The average molecular weight is 336 g/mol. The third kappa shape index (κ3) is 4.03. The molecule has 0 radical (unpaired) electrons. The number of aryl methyl sites for hydroxylation is 2. The molecule has 0 unspecified atom stereocenters. The number of carbonyl (C=O) groups excluding carboxylic acids is 1. The Hall–Kier alpha value is -3.15. The fourth-order valence-electron chi connectivity index (χ4n) is 2.75. The molecule has 1 atom stereocenters. The van der Waals surface area contributed by atoms with E-state index in [-0.39, 0.29) is 17.5 Å². The summed E-state index contributed by atoms with van der Waals surface area (Å²) >= 11 is 0. The van der Waals surface area contributed by atoms with Gasteiger partial charge in [0.05, 0.1) is 6.04 Å². The second-order valence-corrected chi connectivity index (χ2v) is 5.81. The summed E-state index contributed by atoms with van der Waals surface area (Å²) < 4.78 is 2.04.